The first-order chi connectivity index (χ1) is 16.8. The van der Waals surface area contributed by atoms with Crippen molar-refractivity contribution in [2.75, 3.05) is 5.32 Å². The van der Waals surface area contributed by atoms with Gasteiger partial charge in [-0.2, -0.15) is 5.10 Å². The zero-order chi connectivity index (χ0) is 24.7. The molecule has 0 bridgehead atoms. The van der Waals surface area contributed by atoms with Crippen LogP contribution in [0, 0.1) is 18.6 Å². The van der Waals surface area contributed by atoms with Crippen molar-refractivity contribution in [3.8, 4) is 17.2 Å². The third kappa shape index (κ3) is 3.95. The van der Waals surface area contributed by atoms with Crippen molar-refractivity contribution >= 4 is 17.1 Å². The number of carbonyl (C=O) groups excluding carboxylic acids is 1. The number of hydrogen-bond donors (Lipinski definition) is 1. The Morgan fingerprint density at radius 1 is 1.03 bits per heavy atom. The van der Waals surface area contributed by atoms with Gasteiger partial charge in [0, 0.05) is 31.1 Å². The van der Waals surface area contributed by atoms with E-state index in [0.29, 0.717) is 22.6 Å². The molecule has 3 heterocycles. The Hall–Kier alpha value is -4.73. The Morgan fingerprint density at radius 3 is 2.54 bits per heavy atom. The fraction of sp³-hybridized carbons (Fsp3) is 0.0800. The minimum Gasteiger partial charge on any atom is -0.452 e. The molecule has 1 N–H and O–H groups in total. The summed E-state index contributed by atoms with van der Waals surface area (Å²) in [6, 6.07) is 14.5. The van der Waals surface area contributed by atoms with Gasteiger partial charge in [-0.25, -0.2) is 18.0 Å². The molecule has 0 unspecified atom stereocenters. The number of rotatable bonds is 5. The first-order valence-electron chi connectivity index (χ1n) is 10.6. The van der Waals surface area contributed by atoms with Crippen molar-refractivity contribution in [1.82, 2.24) is 19.0 Å². The lowest BCUT2D eigenvalue weighted by atomic mass is 10.2. The van der Waals surface area contributed by atoms with Crippen LogP contribution >= 0.6 is 0 Å². The van der Waals surface area contributed by atoms with Gasteiger partial charge in [-0.15, -0.1) is 0 Å². The van der Waals surface area contributed by atoms with E-state index < -0.39 is 23.1 Å². The number of anilines is 1. The highest BCUT2D eigenvalue weighted by molar-refractivity contribution is 6.05. The Bertz CT molecular complexity index is 1630. The zero-order valence-corrected chi connectivity index (χ0v) is 18.7. The Balaban J connectivity index is 1.40. The Kier molecular flexibility index (Phi) is 5.40. The number of amides is 1. The molecule has 10 heteroatoms. The van der Waals surface area contributed by atoms with Gasteiger partial charge >= 0.3 is 0 Å². The van der Waals surface area contributed by atoms with Crippen molar-refractivity contribution < 1.29 is 18.3 Å². The highest BCUT2D eigenvalue weighted by Gasteiger charge is 2.23. The van der Waals surface area contributed by atoms with Crippen molar-refractivity contribution in [3.05, 3.63) is 106 Å². The molecule has 0 aliphatic rings. The van der Waals surface area contributed by atoms with Gasteiger partial charge in [0.1, 0.15) is 16.9 Å². The van der Waals surface area contributed by atoms with Gasteiger partial charge in [-0.3, -0.25) is 14.3 Å². The summed E-state index contributed by atoms with van der Waals surface area (Å²) < 4.78 is 38.2. The number of carbonyl (C=O) groups is 1. The molecule has 8 nitrogen and oxygen atoms in total. The number of hydrogen-bond acceptors (Lipinski definition) is 4. The quantitative estimate of drug-likeness (QED) is 0.407. The van der Waals surface area contributed by atoms with Crippen LogP contribution in [0.2, 0.25) is 0 Å². The van der Waals surface area contributed by atoms with Gasteiger partial charge < -0.3 is 10.1 Å². The molecule has 35 heavy (non-hydrogen) atoms. The number of halogens is 2. The standard InChI is InChI=1S/C25H19F2N5O3/c1-15-23(25(34)32(30(15)2)18-8-5-16(26)6-9-18)24(33)29-17-7-10-21(19(27)14-17)35-22-11-12-28-31-13-3-4-20(22)31/h3-14H,1-2H3,(H,29,33). The van der Waals surface area contributed by atoms with Crippen molar-refractivity contribution in [2.24, 2.45) is 7.05 Å². The Morgan fingerprint density at radius 2 is 1.80 bits per heavy atom. The molecule has 5 aromatic rings. The van der Waals surface area contributed by atoms with Crippen LogP contribution in [0.1, 0.15) is 16.1 Å². The van der Waals surface area contributed by atoms with E-state index in [0.717, 1.165) is 6.07 Å². The summed E-state index contributed by atoms with van der Waals surface area (Å²) in [5.74, 6) is -1.45. The smallest absolute Gasteiger partial charge is 0.284 e. The van der Waals surface area contributed by atoms with E-state index in [2.05, 4.69) is 10.4 Å². The van der Waals surface area contributed by atoms with Crippen LogP contribution in [0.5, 0.6) is 11.5 Å². The first-order valence-corrected chi connectivity index (χ1v) is 10.6. The van der Waals surface area contributed by atoms with Gasteiger partial charge in [0.25, 0.3) is 11.5 Å². The van der Waals surface area contributed by atoms with Crippen molar-refractivity contribution in [3.63, 3.8) is 0 Å². The predicted octanol–water partition coefficient (Wildman–Crippen LogP) is 4.45. The fourth-order valence-corrected chi connectivity index (χ4v) is 3.83. The van der Waals surface area contributed by atoms with Crippen LogP contribution in [0.15, 0.2) is 77.9 Å². The largest absolute Gasteiger partial charge is 0.452 e. The molecule has 0 saturated carbocycles. The van der Waals surface area contributed by atoms with Crippen LogP contribution in [0.3, 0.4) is 0 Å². The molecule has 3 aromatic heterocycles. The lowest BCUT2D eigenvalue weighted by molar-refractivity contribution is 0.102. The van der Waals surface area contributed by atoms with Crippen LogP contribution in [0.4, 0.5) is 14.5 Å². The second-order valence-electron chi connectivity index (χ2n) is 7.81. The molecule has 0 spiro atoms. The molecule has 0 atom stereocenters. The van der Waals surface area contributed by atoms with Crippen molar-refractivity contribution in [1.29, 1.82) is 0 Å². The number of aromatic nitrogens is 4. The molecule has 0 fully saturated rings. The third-order valence-corrected chi connectivity index (χ3v) is 5.66. The van der Waals surface area contributed by atoms with E-state index in [1.165, 1.54) is 52.0 Å². The topological polar surface area (TPSA) is 82.6 Å². The molecule has 5 rings (SSSR count). The summed E-state index contributed by atoms with van der Waals surface area (Å²) in [5.41, 5.74) is 0.932. The lowest BCUT2D eigenvalue weighted by Gasteiger charge is -2.10. The maximum Gasteiger partial charge on any atom is 0.284 e. The van der Waals surface area contributed by atoms with Crippen molar-refractivity contribution in [2.45, 2.75) is 6.92 Å². The average molecular weight is 475 g/mol. The van der Waals surface area contributed by atoms with Gasteiger partial charge in [-0.05, 0) is 55.5 Å². The minimum atomic E-state index is -0.696. The number of benzene rings is 2. The van der Waals surface area contributed by atoms with E-state index in [1.807, 2.05) is 0 Å². The highest BCUT2D eigenvalue weighted by atomic mass is 19.1. The number of fused-ring (bicyclic) bond motifs is 1. The summed E-state index contributed by atoms with van der Waals surface area (Å²) >= 11 is 0. The summed E-state index contributed by atoms with van der Waals surface area (Å²) in [4.78, 5) is 26.0. The van der Waals surface area contributed by atoms with E-state index in [9.17, 15) is 18.4 Å². The summed E-state index contributed by atoms with van der Waals surface area (Å²) in [6.07, 6.45) is 3.28. The number of ether oxygens (including phenoxy) is 1. The average Bonchev–Trinajstić information content (AvgIpc) is 3.40. The molecular formula is C25H19F2N5O3. The minimum absolute atomic E-state index is 0.0353. The molecule has 0 radical (unpaired) electrons. The monoisotopic (exact) mass is 475 g/mol. The maximum absolute atomic E-state index is 14.8. The van der Waals surface area contributed by atoms with Gasteiger partial charge in [-0.1, -0.05) is 0 Å². The van der Waals surface area contributed by atoms with Crippen LogP contribution in [0.25, 0.3) is 11.2 Å². The second-order valence-corrected chi connectivity index (χ2v) is 7.81. The molecule has 0 saturated heterocycles. The molecular weight excluding hydrogens is 456 g/mol. The summed E-state index contributed by atoms with van der Waals surface area (Å²) in [6.45, 7) is 1.62. The lowest BCUT2D eigenvalue weighted by Crippen LogP contribution is -2.25. The SMILES string of the molecule is Cc1c(C(=O)Nc2ccc(Oc3ccnn4cccc34)c(F)c2)c(=O)n(-c2ccc(F)cc2)n1C. The predicted molar refractivity (Wildman–Crippen MR) is 125 cm³/mol. The Labute approximate surface area is 197 Å². The zero-order valence-electron chi connectivity index (χ0n) is 18.7. The summed E-state index contributed by atoms with van der Waals surface area (Å²) in [7, 11) is 1.61. The normalized spacial score (nSPS) is 11.1. The molecule has 1 amide bonds. The van der Waals surface area contributed by atoms with Crippen LogP contribution < -0.4 is 15.6 Å². The molecule has 2 aromatic carbocycles. The maximum atomic E-state index is 14.8. The molecule has 176 valence electrons. The van der Waals surface area contributed by atoms with E-state index in [1.54, 1.807) is 42.9 Å². The first kappa shape index (κ1) is 22.1. The fourth-order valence-electron chi connectivity index (χ4n) is 3.83. The van der Waals surface area contributed by atoms with Crippen LogP contribution in [-0.4, -0.2) is 24.9 Å². The number of nitrogens with one attached hydrogen (secondary N) is 1. The van der Waals surface area contributed by atoms with Crippen LogP contribution in [-0.2, 0) is 7.05 Å². The second kappa shape index (κ2) is 8.56. The third-order valence-electron chi connectivity index (χ3n) is 5.66. The van der Waals surface area contributed by atoms with Gasteiger partial charge in [0.15, 0.2) is 17.3 Å². The highest BCUT2D eigenvalue weighted by Crippen LogP contribution is 2.29. The van der Waals surface area contributed by atoms with Gasteiger partial charge in [0.05, 0.1) is 17.6 Å². The molecule has 0 aliphatic heterocycles. The molecule has 0 aliphatic carbocycles. The van der Waals surface area contributed by atoms with E-state index in [-0.39, 0.29) is 17.0 Å². The van der Waals surface area contributed by atoms with Gasteiger partial charge in [0.2, 0.25) is 0 Å². The van der Waals surface area contributed by atoms with E-state index >= 15 is 0 Å². The van der Waals surface area contributed by atoms with E-state index in [4.69, 9.17) is 4.74 Å². The number of nitrogens with zero attached hydrogens (tertiary/aromatic N) is 4. The summed E-state index contributed by atoms with van der Waals surface area (Å²) in [5, 5.41) is 6.70.